The number of hydrogen-bond acceptors (Lipinski definition) is 6. The number of hydrogen-bond donors (Lipinski definition) is 1. The zero-order chi connectivity index (χ0) is 27.2. The summed E-state index contributed by atoms with van der Waals surface area (Å²) >= 11 is 5.14. The Morgan fingerprint density at radius 3 is 2.55 bits per heavy atom. The number of nitrogens with zero attached hydrogens (tertiary/aromatic N) is 1. The Morgan fingerprint density at radius 2 is 1.84 bits per heavy atom. The topological polar surface area (TPSA) is 84.9 Å². The minimum absolute atomic E-state index is 0.180. The molecule has 0 bridgehead atoms. The second-order valence-electron chi connectivity index (χ2n) is 8.00. The normalized spacial score (nSPS) is 14.2. The molecule has 38 heavy (non-hydrogen) atoms. The van der Waals surface area contributed by atoms with Gasteiger partial charge in [0.05, 0.1) is 15.1 Å². The van der Waals surface area contributed by atoms with E-state index in [4.69, 9.17) is 9.47 Å². The molecule has 0 atom stereocenters. The zero-order valence-electron chi connectivity index (χ0n) is 20.0. The van der Waals surface area contributed by atoms with E-state index in [0.717, 1.165) is 35.4 Å². The SMILES string of the molecule is CCOc1cc(/C=C2/SC(=O)N(CC(=O)Nc3cccc(F)c3)C2=O)cc(I)c1OCc1ccc(I)cc1. The zero-order valence-corrected chi connectivity index (χ0v) is 25.1. The van der Waals surface area contributed by atoms with Crippen molar-refractivity contribution in [1.29, 1.82) is 0 Å². The molecule has 7 nitrogen and oxygen atoms in total. The monoisotopic (exact) mass is 758 g/mol. The predicted octanol–water partition coefficient (Wildman–Crippen LogP) is 6.69. The molecule has 0 saturated carbocycles. The maximum absolute atomic E-state index is 13.4. The highest BCUT2D eigenvalue weighted by atomic mass is 127. The number of halogens is 3. The molecule has 1 heterocycles. The van der Waals surface area contributed by atoms with Crippen molar-refractivity contribution in [3.63, 3.8) is 0 Å². The number of amides is 3. The molecular formula is C27H21FI2N2O5S. The van der Waals surface area contributed by atoms with Gasteiger partial charge in [-0.2, -0.15) is 0 Å². The number of carbonyl (C=O) groups excluding carboxylic acids is 3. The van der Waals surface area contributed by atoms with Gasteiger partial charge in [-0.25, -0.2) is 4.39 Å². The second kappa shape index (κ2) is 12.9. The molecule has 4 rings (SSSR count). The number of rotatable bonds is 9. The van der Waals surface area contributed by atoms with Crippen molar-refractivity contribution in [1.82, 2.24) is 4.90 Å². The van der Waals surface area contributed by atoms with Crippen LogP contribution in [0.4, 0.5) is 14.9 Å². The highest BCUT2D eigenvalue weighted by Gasteiger charge is 2.36. The molecular weight excluding hydrogens is 737 g/mol. The quantitative estimate of drug-likeness (QED) is 0.194. The number of ether oxygens (including phenoxy) is 2. The van der Waals surface area contributed by atoms with Crippen LogP contribution in [0.5, 0.6) is 11.5 Å². The molecule has 1 N–H and O–H groups in total. The first kappa shape index (κ1) is 28.4. The lowest BCUT2D eigenvalue weighted by atomic mass is 10.1. The molecule has 1 fully saturated rings. The molecule has 3 amide bonds. The minimum atomic E-state index is -0.609. The van der Waals surface area contributed by atoms with Gasteiger partial charge in [0.25, 0.3) is 11.1 Å². The van der Waals surface area contributed by atoms with Crippen molar-refractivity contribution in [2.24, 2.45) is 0 Å². The van der Waals surface area contributed by atoms with Crippen LogP contribution >= 0.6 is 56.9 Å². The molecule has 0 aliphatic carbocycles. The number of imide groups is 1. The molecule has 0 unspecified atom stereocenters. The number of carbonyl (C=O) groups is 3. The van der Waals surface area contributed by atoms with E-state index in [-0.39, 0.29) is 10.6 Å². The highest BCUT2D eigenvalue weighted by Crippen LogP contribution is 2.38. The van der Waals surface area contributed by atoms with E-state index in [1.54, 1.807) is 12.1 Å². The van der Waals surface area contributed by atoms with Gasteiger partial charge in [-0.15, -0.1) is 0 Å². The molecule has 0 aromatic heterocycles. The molecule has 0 spiro atoms. The fraction of sp³-hybridized carbons (Fsp3) is 0.148. The van der Waals surface area contributed by atoms with E-state index in [9.17, 15) is 18.8 Å². The van der Waals surface area contributed by atoms with Crippen LogP contribution in [0, 0.1) is 13.0 Å². The van der Waals surface area contributed by atoms with E-state index in [2.05, 4.69) is 50.5 Å². The fourth-order valence-electron chi connectivity index (χ4n) is 3.51. The van der Waals surface area contributed by atoms with E-state index in [1.807, 2.05) is 37.3 Å². The first-order valence-corrected chi connectivity index (χ1v) is 14.3. The van der Waals surface area contributed by atoms with Crippen LogP contribution < -0.4 is 14.8 Å². The summed E-state index contributed by atoms with van der Waals surface area (Å²) in [5.41, 5.74) is 1.90. The molecule has 0 radical (unpaired) electrons. The Bertz CT molecular complexity index is 1420. The van der Waals surface area contributed by atoms with Gasteiger partial charge in [-0.1, -0.05) is 18.2 Å². The number of benzene rings is 3. The first-order valence-electron chi connectivity index (χ1n) is 11.4. The summed E-state index contributed by atoms with van der Waals surface area (Å²) in [5, 5.41) is 1.93. The lowest BCUT2D eigenvalue weighted by Gasteiger charge is -2.15. The third kappa shape index (κ3) is 7.26. The van der Waals surface area contributed by atoms with Gasteiger partial charge in [0.2, 0.25) is 5.91 Å². The van der Waals surface area contributed by atoms with Crippen LogP contribution in [0.25, 0.3) is 6.08 Å². The standard InChI is InChI=1S/C27H21FI2N2O5S/c1-2-36-22-11-17(10-21(30)25(22)37-15-16-6-8-19(29)9-7-16)12-23-26(34)32(27(35)38-23)14-24(33)31-20-5-3-4-18(28)13-20/h3-13H,2,14-15H2,1H3,(H,31,33)/b23-12+. The average Bonchev–Trinajstić information content (AvgIpc) is 3.12. The van der Waals surface area contributed by atoms with E-state index >= 15 is 0 Å². The third-order valence-corrected chi connectivity index (χ3v) is 7.64. The van der Waals surface area contributed by atoms with Gasteiger partial charge in [0, 0.05) is 9.26 Å². The van der Waals surface area contributed by atoms with E-state index < -0.39 is 29.4 Å². The Labute approximate surface area is 250 Å². The molecule has 3 aromatic rings. The van der Waals surface area contributed by atoms with Gasteiger partial charge < -0.3 is 14.8 Å². The van der Waals surface area contributed by atoms with Crippen LogP contribution in [0.15, 0.2) is 65.6 Å². The van der Waals surface area contributed by atoms with Crippen molar-refractivity contribution in [3.8, 4) is 11.5 Å². The molecule has 1 aliphatic rings. The Kier molecular flexibility index (Phi) is 9.65. The van der Waals surface area contributed by atoms with Gasteiger partial charge in [-0.05, 0) is 124 Å². The van der Waals surface area contributed by atoms with E-state index in [1.165, 1.54) is 18.2 Å². The number of anilines is 1. The summed E-state index contributed by atoms with van der Waals surface area (Å²) in [4.78, 5) is 38.8. The summed E-state index contributed by atoms with van der Waals surface area (Å²) in [5.74, 6) is -0.595. The Hall–Kier alpha value is -2.65. The molecule has 1 saturated heterocycles. The number of thioether (sulfide) groups is 1. The Morgan fingerprint density at radius 1 is 1.08 bits per heavy atom. The maximum atomic E-state index is 13.4. The lowest BCUT2D eigenvalue weighted by Crippen LogP contribution is -2.36. The van der Waals surface area contributed by atoms with Crippen molar-refractivity contribution >= 4 is 85.8 Å². The highest BCUT2D eigenvalue weighted by molar-refractivity contribution is 14.1. The van der Waals surface area contributed by atoms with E-state index in [0.29, 0.717) is 30.3 Å². The molecule has 196 valence electrons. The molecule has 3 aromatic carbocycles. The number of nitrogens with one attached hydrogen (secondary N) is 1. The second-order valence-corrected chi connectivity index (χ2v) is 11.4. The lowest BCUT2D eigenvalue weighted by molar-refractivity contribution is -0.127. The van der Waals surface area contributed by atoms with Crippen LogP contribution in [-0.4, -0.2) is 35.1 Å². The van der Waals surface area contributed by atoms with Crippen LogP contribution in [0.2, 0.25) is 0 Å². The Balaban J connectivity index is 1.48. The van der Waals surface area contributed by atoms with Crippen LogP contribution in [-0.2, 0) is 16.2 Å². The third-order valence-electron chi connectivity index (χ3n) is 5.21. The van der Waals surface area contributed by atoms with Gasteiger partial charge >= 0.3 is 0 Å². The van der Waals surface area contributed by atoms with Gasteiger partial charge in [0.15, 0.2) is 11.5 Å². The van der Waals surface area contributed by atoms with Crippen molar-refractivity contribution in [2.75, 3.05) is 18.5 Å². The summed E-state index contributed by atoms with van der Waals surface area (Å²) in [6.45, 7) is 2.16. The summed E-state index contributed by atoms with van der Waals surface area (Å²) in [6, 6.07) is 17.0. The largest absolute Gasteiger partial charge is 0.490 e. The molecule has 11 heteroatoms. The molecule has 1 aliphatic heterocycles. The summed E-state index contributed by atoms with van der Waals surface area (Å²) < 4.78 is 27.2. The maximum Gasteiger partial charge on any atom is 0.294 e. The van der Waals surface area contributed by atoms with Gasteiger partial charge in [-0.3, -0.25) is 19.3 Å². The first-order chi connectivity index (χ1) is 18.2. The fourth-order valence-corrected chi connectivity index (χ4v) is 5.49. The van der Waals surface area contributed by atoms with Crippen LogP contribution in [0.3, 0.4) is 0 Å². The van der Waals surface area contributed by atoms with Crippen LogP contribution in [0.1, 0.15) is 18.1 Å². The minimum Gasteiger partial charge on any atom is -0.490 e. The van der Waals surface area contributed by atoms with Crippen molar-refractivity contribution in [3.05, 3.63) is 89.7 Å². The summed E-state index contributed by atoms with van der Waals surface area (Å²) in [6.07, 6.45) is 1.59. The van der Waals surface area contributed by atoms with Crippen molar-refractivity contribution < 1.29 is 28.2 Å². The van der Waals surface area contributed by atoms with Gasteiger partial charge in [0.1, 0.15) is 19.0 Å². The van der Waals surface area contributed by atoms with Crippen molar-refractivity contribution in [2.45, 2.75) is 13.5 Å². The smallest absolute Gasteiger partial charge is 0.294 e. The average molecular weight is 758 g/mol. The predicted molar refractivity (Wildman–Crippen MR) is 162 cm³/mol. The summed E-state index contributed by atoms with van der Waals surface area (Å²) in [7, 11) is 0.